The summed E-state index contributed by atoms with van der Waals surface area (Å²) in [5, 5.41) is 4.24. The fraction of sp³-hybridized carbons (Fsp3) is 0.538. The van der Waals surface area contributed by atoms with Gasteiger partial charge in [-0.2, -0.15) is 0 Å². The predicted octanol–water partition coefficient (Wildman–Crippen LogP) is 3.19. The van der Waals surface area contributed by atoms with Crippen molar-refractivity contribution < 1.29 is 9.47 Å². The highest BCUT2D eigenvalue weighted by Crippen LogP contribution is 2.44. The second-order valence-corrected chi connectivity index (χ2v) is 5.02. The Balaban J connectivity index is 2.01. The fourth-order valence-electron chi connectivity index (χ4n) is 2.59. The van der Waals surface area contributed by atoms with Gasteiger partial charge in [0.25, 0.3) is 0 Å². The summed E-state index contributed by atoms with van der Waals surface area (Å²) in [6.45, 7) is 3.40. The lowest BCUT2D eigenvalue weighted by molar-refractivity contribution is 0.174. The third-order valence-corrected chi connectivity index (χ3v) is 4.03. The maximum atomic E-state index is 6.33. The van der Waals surface area contributed by atoms with E-state index >= 15 is 0 Å². The van der Waals surface area contributed by atoms with Gasteiger partial charge in [0.2, 0.25) is 6.79 Å². The van der Waals surface area contributed by atoms with Crippen molar-refractivity contribution in [3.05, 3.63) is 22.2 Å². The smallest absolute Gasteiger partial charge is 0.231 e. The lowest BCUT2D eigenvalue weighted by Gasteiger charge is -2.26. The Labute approximate surface area is 106 Å². The summed E-state index contributed by atoms with van der Waals surface area (Å²) in [7, 11) is 0. The summed E-state index contributed by atoms with van der Waals surface area (Å²) < 4.78 is 10.8. The van der Waals surface area contributed by atoms with Crippen molar-refractivity contribution in [1.29, 1.82) is 0 Å². The molecular formula is C13H16ClNO2. The predicted molar refractivity (Wildman–Crippen MR) is 66.9 cm³/mol. The molecule has 1 atom stereocenters. The van der Waals surface area contributed by atoms with Gasteiger partial charge in [0.05, 0.1) is 5.02 Å². The molecule has 17 heavy (non-hydrogen) atoms. The molecule has 0 aromatic heterocycles. The molecule has 1 N–H and O–H groups in total. The van der Waals surface area contributed by atoms with Crippen molar-refractivity contribution >= 4 is 11.6 Å². The molecule has 1 fully saturated rings. The zero-order valence-corrected chi connectivity index (χ0v) is 10.6. The number of rotatable bonds is 1. The summed E-state index contributed by atoms with van der Waals surface area (Å²) in [5.74, 6) is 1.48. The molecule has 2 aliphatic rings. The number of hydrogen-bond acceptors (Lipinski definition) is 3. The summed E-state index contributed by atoms with van der Waals surface area (Å²) in [6.07, 6.45) is 3.69. The van der Waals surface area contributed by atoms with Crippen LogP contribution in [0.2, 0.25) is 5.02 Å². The monoisotopic (exact) mass is 253 g/mol. The first-order valence-corrected chi connectivity index (χ1v) is 6.47. The second-order valence-electron chi connectivity index (χ2n) is 4.64. The molecule has 1 aromatic rings. The first-order valence-electron chi connectivity index (χ1n) is 6.09. The Morgan fingerprint density at radius 2 is 2.24 bits per heavy atom. The maximum absolute atomic E-state index is 6.33. The highest BCUT2D eigenvalue weighted by molar-refractivity contribution is 6.33. The Morgan fingerprint density at radius 1 is 1.35 bits per heavy atom. The van der Waals surface area contributed by atoms with Gasteiger partial charge in [0, 0.05) is 6.04 Å². The molecule has 3 rings (SSSR count). The minimum absolute atomic E-state index is 0.274. The normalized spacial score (nSPS) is 22.8. The number of hydrogen-bond donors (Lipinski definition) is 1. The first kappa shape index (κ1) is 11.2. The van der Waals surface area contributed by atoms with Gasteiger partial charge in [0.15, 0.2) is 11.5 Å². The van der Waals surface area contributed by atoms with Crippen molar-refractivity contribution in [2.24, 2.45) is 0 Å². The third-order valence-electron chi connectivity index (χ3n) is 3.58. The van der Waals surface area contributed by atoms with E-state index in [4.69, 9.17) is 21.1 Å². The molecule has 1 aromatic carbocycles. The Morgan fingerprint density at radius 3 is 3.00 bits per heavy atom. The van der Waals surface area contributed by atoms with Crippen LogP contribution in [-0.2, 0) is 0 Å². The fourth-order valence-corrected chi connectivity index (χ4v) is 2.85. The van der Waals surface area contributed by atoms with E-state index in [1.807, 2.05) is 0 Å². The van der Waals surface area contributed by atoms with Crippen LogP contribution in [0.3, 0.4) is 0 Å². The minimum Gasteiger partial charge on any atom is -0.454 e. The number of halogens is 1. The second kappa shape index (κ2) is 4.39. The van der Waals surface area contributed by atoms with Gasteiger partial charge >= 0.3 is 0 Å². The van der Waals surface area contributed by atoms with E-state index in [2.05, 4.69) is 18.3 Å². The summed E-state index contributed by atoms with van der Waals surface area (Å²) in [4.78, 5) is 0. The van der Waals surface area contributed by atoms with Crippen LogP contribution in [0.1, 0.15) is 36.4 Å². The van der Waals surface area contributed by atoms with E-state index in [1.165, 1.54) is 18.4 Å². The molecule has 2 heterocycles. The molecule has 2 aliphatic heterocycles. The quantitative estimate of drug-likeness (QED) is 0.834. The molecule has 1 saturated heterocycles. The van der Waals surface area contributed by atoms with Gasteiger partial charge in [-0.25, -0.2) is 0 Å². The summed E-state index contributed by atoms with van der Waals surface area (Å²) in [5.41, 5.74) is 2.36. The standard InChI is InChI=1S/C13H16ClNO2/c1-8-9(10-4-2-3-5-15-10)6-11-13(12(8)14)17-7-16-11/h6,10,15H,2-5,7H2,1H3. The van der Waals surface area contributed by atoms with E-state index in [1.54, 1.807) is 0 Å². The SMILES string of the molecule is Cc1c(C2CCCCN2)cc2c(c1Cl)OCO2. The van der Waals surface area contributed by atoms with E-state index in [9.17, 15) is 0 Å². The highest BCUT2D eigenvalue weighted by Gasteiger charge is 2.25. The number of ether oxygens (including phenoxy) is 2. The lowest BCUT2D eigenvalue weighted by atomic mass is 9.93. The van der Waals surface area contributed by atoms with Gasteiger partial charge in [-0.1, -0.05) is 18.0 Å². The van der Waals surface area contributed by atoms with E-state index in [0.29, 0.717) is 16.8 Å². The first-order chi connectivity index (χ1) is 8.27. The van der Waals surface area contributed by atoms with Gasteiger partial charge in [-0.15, -0.1) is 0 Å². The Bertz CT molecular complexity index is 442. The van der Waals surface area contributed by atoms with Crippen molar-refractivity contribution in [2.75, 3.05) is 13.3 Å². The average Bonchev–Trinajstić information content (AvgIpc) is 2.83. The third kappa shape index (κ3) is 1.87. The van der Waals surface area contributed by atoms with Gasteiger partial charge in [0.1, 0.15) is 0 Å². The molecule has 0 spiro atoms. The molecule has 0 radical (unpaired) electrons. The number of nitrogens with one attached hydrogen (secondary N) is 1. The van der Waals surface area contributed by atoms with Crippen LogP contribution in [0.4, 0.5) is 0 Å². The van der Waals surface area contributed by atoms with E-state index < -0.39 is 0 Å². The molecular weight excluding hydrogens is 238 g/mol. The number of benzene rings is 1. The average molecular weight is 254 g/mol. The van der Waals surface area contributed by atoms with Crippen LogP contribution in [0, 0.1) is 6.92 Å². The number of fused-ring (bicyclic) bond motifs is 1. The van der Waals surface area contributed by atoms with Crippen LogP contribution >= 0.6 is 11.6 Å². The van der Waals surface area contributed by atoms with E-state index in [-0.39, 0.29) is 6.79 Å². The largest absolute Gasteiger partial charge is 0.454 e. The Kier molecular flexibility index (Phi) is 2.89. The molecule has 4 heteroatoms. The minimum atomic E-state index is 0.274. The van der Waals surface area contributed by atoms with Gasteiger partial charge in [-0.05, 0) is 43.5 Å². The molecule has 0 bridgehead atoms. The topological polar surface area (TPSA) is 30.5 Å². The Hall–Kier alpha value is -0.930. The number of piperidine rings is 1. The maximum Gasteiger partial charge on any atom is 0.231 e. The molecule has 1 unspecified atom stereocenters. The van der Waals surface area contributed by atoms with Crippen molar-refractivity contribution in [2.45, 2.75) is 32.2 Å². The molecule has 0 aliphatic carbocycles. The molecule has 0 amide bonds. The van der Waals surface area contributed by atoms with Crippen LogP contribution < -0.4 is 14.8 Å². The summed E-state index contributed by atoms with van der Waals surface area (Å²) >= 11 is 6.33. The van der Waals surface area contributed by atoms with Crippen LogP contribution in [-0.4, -0.2) is 13.3 Å². The van der Waals surface area contributed by atoms with Crippen molar-refractivity contribution in [3.8, 4) is 11.5 Å². The molecule has 3 nitrogen and oxygen atoms in total. The van der Waals surface area contributed by atoms with Gasteiger partial charge < -0.3 is 14.8 Å². The van der Waals surface area contributed by atoms with Crippen LogP contribution in [0.25, 0.3) is 0 Å². The molecule has 92 valence electrons. The zero-order chi connectivity index (χ0) is 11.8. The van der Waals surface area contributed by atoms with Crippen LogP contribution in [0.15, 0.2) is 6.07 Å². The molecule has 0 saturated carbocycles. The lowest BCUT2D eigenvalue weighted by Crippen LogP contribution is -2.27. The van der Waals surface area contributed by atoms with Crippen molar-refractivity contribution in [1.82, 2.24) is 5.32 Å². The van der Waals surface area contributed by atoms with E-state index in [0.717, 1.165) is 24.3 Å². The highest BCUT2D eigenvalue weighted by atomic mass is 35.5. The van der Waals surface area contributed by atoms with Crippen LogP contribution in [0.5, 0.6) is 11.5 Å². The van der Waals surface area contributed by atoms with Gasteiger partial charge in [-0.3, -0.25) is 0 Å². The van der Waals surface area contributed by atoms with Crippen molar-refractivity contribution in [3.63, 3.8) is 0 Å². The zero-order valence-electron chi connectivity index (χ0n) is 9.88. The summed E-state index contributed by atoms with van der Waals surface area (Å²) in [6, 6.07) is 2.47.